The molecule has 1 aliphatic heterocycles. The zero-order valence-electron chi connectivity index (χ0n) is 15.2. The molecular formula is C18H27N5OS. The number of rotatable bonds is 5. The van der Waals surface area contributed by atoms with E-state index >= 15 is 0 Å². The highest BCUT2D eigenvalue weighted by molar-refractivity contribution is 7.18. The Bertz CT molecular complexity index is 751. The Hall–Kier alpha value is -1.73. The van der Waals surface area contributed by atoms with E-state index in [-0.39, 0.29) is 11.8 Å². The maximum atomic E-state index is 12.3. The van der Waals surface area contributed by atoms with Gasteiger partial charge < -0.3 is 16.0 Å². The SMILES string of the molecule is Cc1sc2ncnc(N3CCC(C(=O)NCC(C)CN)CC3)c2c1C. The van der Waals surface area contributed by atoms with Gasteiger partial charge in [0.15, 0.2) is 0 Å². The van der Waals surface area contributed by atoms with Gasteiger partial charge in [-0.3, -0.25) is 4.79 Å². The first-order valence-corrected chi connectivity index (χ1v) is 9.76. The molecule has 2 aromatic heterocycles. The normalized spacial score (nSPS) is 17.0. The Balaban J connectivity index is 1.66. The van der Waals surface area contributed by atoms with E-state index in [0.29, 0.717) is 19.0 Å². The second-order valence-electron chi connectivity index (χ2n) is 7.01. The lowest BCUT2D eigenvalue weighted by molar-refractivity contribution is -0.125. The van der Waals surface area contributed by atoms with Crippen LogP contribution in [0.5, 0.6) is 0 Å². The lowest BCUT2D eigenvalue weighted by Gasteiger charge is -2.32. The number of aromatic nitrogens is 2. The van der Waals surface area contributed by atoms with E-state index in [1.807, 2.05) is 0 Å². The molecule has 3 heterocycles. The van der Waals surface area contributed by atoms with E-state index in [1.54, 1.807) is 17.7 Å². The molecular weight excluding hydrogens is 334 g/mol. The van der Waals surface area contributed by atoms with Crippen molar-refractivity contribution in [1.82, 2.24) is 15.3 Å². The van der Waals surface area contributed by atoms with Gasteiger partial charge in [0.2, 0.25) is 5.91 Å². The smallest absolute Gasteiger partial charge is 0.223 e. The van der Waals surface area contributed by atoms with Crippen LogP contribution in [0.2, 0.25) is 0 Å². The molecule has 0 saturated carbocycles. The summed E-state index contributed by atoms with van der Waals surface area (Å²) in [5, 5.41) is 4.21. The first-order chi connectivity index (χ1) is 12.0. The summed E-state index contributed by atoms with van der Waals surface area (Å²) in [5.41, 5.74) is 6.88. The van der Waals surface area contributed by atoms with Crippen LogP contribution in [0.25, 0.3) is 10.2 Å². The van der Waals surface area contributed by atoms with E-state index in [4.69, 9.17) is 5.73 Å². The molecule has 1 unspecified atom stereocenters. The molecule has 0 spiro atoms. The Labute approximate surface area is 152 Å². The van der Waals surface area contributed by atoms with Crippen LogP contribution in [0, 0.1) is 25.7 Å². The standard InChI is InChI=1S/C18H27N5OS/c1-11(8-19)9-20-17(24)14-4-6-23(7-5-14)16-15-12(2)13(3)25-18(15)22-10-21-16/h10-11,14H,4-9,19H2,1-3H3,(H,20,24). The van der Waals surface area contributed by atoms with E-state index < -0.39 is 0 Å². The summed E-state index contributed by atoms with van der Waals surface area (Å²) < 4.78 is 0. The van der Waals surface area contributed by atoms with Crippen molar-refractivity contribution in [3.05, 3.63) is 16.8 Å². The molecule has 1 aliphatic rings. The van der Waals surface area contributed by atoms with Gasteiger partial charge in [-0.2, -0.15) is 0 Å². The van der Waals surface area contributed by atoms with Crippen LogP contribution in [-0.4, -0.2) is 42.1 Å². The first kappa shape index (κ1) is 18.1. The number of hydrogen-bond acceptors (Lipinski definition) is 6. The Morgan fingerprint density at radius 3 is 2.80 bits per heavy atom. The highest BCUT2D eigenvalue weighted by Crippen LogP contribution is 2.35. The second kappa shape index (κ2) is 7.66. The molecule has 3 rings (SSSR count). The van der Waals surface area contributed by atoms with Gasteiger partial charge in [-0.25, -0.2) is 9.97 Å². The molecule has 1 fully saturated rings. The third-order valence-electron chi connectivity index (χ3n) is 5.14. The molecule has 1 amide bonds. The van der Waals surface area contributed by atoms with Crippen molar-refractivity contribution in [2.24, 2.45) is 17.6 Å². The topological polar surface area (TPSA) is 84.1 Å². The Morgan fingerprint density at radius 2 is 2.12 bits per heavy atom. The average molecular weight is 362 g/mol. The minimum atomic E-state index is 0.0869. The van der Waals surface area contributed by atoms with Crippen LogP contribution in [0.15, 0.2) is 6.33 Å². The summed E-state index contributed by atoms with van der Waals surface area (Å²) in [6.45, 7) is 9.28. The minimum Gasteiger partial charge on any atom is -0.356 e. The number of nitrogens with one attached hydrogen (secondary N) is 1. The van der Waals surface area contributed by atoms with Gasteiger partial charge in [-0.05, 0) is 44.7 Å². The van der Waals surface area contributed by atoms with Gasteiger partial charge in [0.1, 0.15) is 17.0 Å². The van der Waals surface area contributed by atoms with Crippen LogP contribution < -0.4 is 16.0 Å². The number of carbonyl (C=O) groups is 1. The zero-order chi connectivity index (χ0) is 18.0. The molecule has 7 heteroatoms. The van der Waals surface area contributed by atoms with Gasteiger partial charge in [-0.15, -0.1) is 11.3 Å². The monoisotopic (exact) mass is 361 g/mol. The highest BCUT2D eigenvalue weighted by atomic mass is 32.1. The molecule has 0 bridgehead atoms. The largest absolute Gasteiger partial charge is 0.356 e. The van der Waals surface area contributed by atoms with Crippen molar-refractivity contribution < 1.29 is 4.79 Å². The van der Waals surface area contributed by atoms with Crippen molar-refractivity contribution in [2.75, 3.05) is 31.1 Å². The van der Waals surface area contributed by atoms with Gasteiger partial charge >= 0.3 is 0 Å². The van der Waals surface area contributed by atoms with E-state index in [9.17, 15) is 4.79 Å². The Kier molecular flexibility index (Phi) is 5.54. The summed E-state index contributed by atoms with van der Waals surface area (Å²) in [4.78, 5) is 26.0. The van der Waals surface area contributed by atoms with Gasteiger partial charge in [0, 0.05) is 30.4 Å². The van der Waals surface area contributed by atoms with Crippen molar-refractivity contribution in [3.63, 3.8) is 0 Å². The molecule has 1 atom stereocenters. The maximum Gasteiger partial charge on any atom is 0.223 e. The number of piperidine rings is 1. The second-order valence-corrected chi connectivity index (χ2v) is 8.21. The number of aryl methyl sites for hydroxylation is 2. The minimum absolute atomic E-state index is 0.0869. The van der Waals surface area contributed by atoms with E-state index in [1.165, 1.54) is 15.8 Å². The van der Waals surface area contributed by atoms with Crippen LogP contribution >= 0.6 is 11.3 Å². The fourth-order valence-corrected chi connectivity index (χ4v) is 4.25. The van der Waals surface area contributed by atoms with Crippen LogP contribution in [0.3, 0.4) is 0 Å². The molecule has 0 aliphatic carbocycles. The van der Waals surface area contributed by atoms with Crippen molar-refractivity contribution in [3.8, 4) is 0 Å². The number of amides is 1. The maximum absolute atomic E-state index is 12.3. The molecule has 3 N–H and O–H groups in total. The Morgan fingerprint density at radius 1 is 1.40 bits per heavy atom. The molecule has 2 aromatic rings. The van der Waals surface area contributed by atoms with Crippen LogP contribution in [0.1, 0.15) is 30.2 Å². The summed E-state index contributed by atoms with van der Waals surface area (Å²) in [6, 6.07) is 0. The number of thiophene rings is 1. The quantitative estimate of drug-likeness (QED) is 0.853. The molecule has 136 valence electrons. The van der Waals surface area contributed by atoms with E-state index in [2.05, 4.69) is 41.0 Å². The average Bonchev–Trinajstić information content (AvgIpc) is 2.93. The summed E-state index contributed by atoms with van der Waals surface area (Å²) in [5.74, 6) is 1.59. The third kappa shape index (κ3) is 3.77. The predicted molar refractivity (Wildman–Crippen MR) is 103 cm³/mol. The third-order valence-corrected chi connectivity index (χ3v) is 6.25. The lowest BCUT2D eigenvalue weighted by atomic mass is 9.95. The fourth-order valence-electron chi connectivity index (χ4n) is 3.26. The van der Waals surface area contributed by atoms with Gasteiger partial charge in [-0.1, -0.05) is 6.92 Å². The predicted octanol–water partition coefficient (Wildman–Crippen LogP) is 2.24. The number of nitrogens with zero attached hydrogens (tertiary/aromatic N) is 3. The van der Waals surface area contributed by atoms with Crippen molar-refractivity contribution >= 4 is 33.3 Å². The van der Waals surface area contributed by atoms with Gasteiger partial charge in [0.25, 0.3) is 0 Å². The zero-order valence-corrected chi connectivity index (χ0v) is 16.0. The van der Waals surface area contributed by atoms with Crippen LogP contribution in [-0.2, 0) is 4.79 Å². The number of anilines is 1. The first-order valence-electron chi connectivity index (χ1n) is 8.94. The number of fused-ring (bicyclic) bond motifs is 1. The molecule has 0 radical (unpaired) electrons. The highest BCUT2D eigenvalue weighted by Gasteiger charge is 2.27. The van der Waals surface area contributed by atoms with E-state index in [0.717, 1.165) is 36.6 Å². The molecule has 1 saturated heterocycles. The summed E-state index contributed by atoms with van der Waals surface area (Å²) >= 11 is 1.72. The summed E-state index contributed by atoms with van der Waals surface area (Å²) in [6.07, 6.45) is 3.37. The number of carbonyl (C=O) groups excluding carboxylic acids is 1. The summed E-state index contributed by atoms with van der Waals surface area (Å²) in [7, 11) is 0. The van der Waals surface area contributed by atoms with Crippen molar-refractivity contribution in [1.29, 1.82) is 0 Å². The fraction of sp³-hybridized carbons (Fsp3) is 0.611. The lowest BCUT2D eigenvalue weighted by Crippen LogP contribution is -2.42. The molecule has 6 nitrogen and oxygen atoms in total. The van der Waals surface area contributed by atoms with Crippen molar-refractivity contribution in [2.45, 2.75) is 33.6 Å². The number of hydrogen-bond donors (Lipinski definition) is 2. The molecule has 25 heavy (non-hydrogen) atoms. The van der Waals surface area contributed by atoms with Crippen LogP contribution in [0.4, 0.5) is 5.82 Å². The van der Waals surface area contributed by atoms with Gasteiger partial charge in [0.05, 0.1) is 5.39 Å². The number of nitrogens with two attached hydrogens (primary N) is 1. The molecule has 0 aromatic carbocycles.